The predicted molar refractivity (Wildman–Crippen MR) is 107 cm³/mol. The molecule has 0 heterocycles. The second-order valence-corrected chi connectivity index (χ2v) is 7.81. The molecule has 6 nitrogen and oxygen atoms in total. The van der Waals surface area contributed by atoms with Crippen LogP contribution in [0.5, 0.6) is 0 Å². The molecule has 2 aliphatic rings. The van der Waals surface area contributed by atoms with Crippen LogP contribution >= 0.6 is 0 Å². The molecule has 1 unspecified atom stereocenters. The molecular weight excluding hydrogens is 340 g/mol. The highest BCUT2D eigenvalue weighted by Crippen LogP contribution is 2.31. The Morgan fingerprint density at radius 2 is 1.85 bits per heavy atom. The van der Waals surface area contributed by atoms with E-state index in [-0.39, 0.29) is 18.0 Å². The molecule has 27 heavy (non-hydrogen) atoms. The smallest absolute Gasteiger partial charge is 0.315 e. The number of aryl methyl sites for hydroxylation is 1. The largest absolute Gasteiger partial charge is 0.399 e. The van der Waals surface area contributed by atoms with Gasteiger partial charge in [-0.2, -0.15) is 0 Å². The van der Waals surface area contributed by atoms with Gasteiger partial charge in [-0.1, -0.05) is 25.3 Å². The number of urea groups is 1. The Morgan fingerprint density at radius 3 is 2.67 bits per heavy atom. The third-order valence-electron chi connectivity index (χ3n) is 5.62. The zero-order valence-corrected chi connectivity index (χ0v) is 16.1. The summed E-state index contributed by atoms with van der Waals surface area (Å²) in [6.45, 7) is 0.518. The first-order valence-corrected chi connectivity index (χ1v) is 10.3. The minimum Gasteiger partial charge on any atom is -0.399 e. The predicted octanol–water partition coefficient (Wildman–Crippen LogP) is 3.17. The zero-order valence-electron chi connectivity index (χ0n) is 16.1. The molecule has 0 bridgehead atoms. The van der Waals surface area contributed by atoms with Gasteiger partial charge >= 0.3 is 6.03 Å². The molecule has 0 radical (unpaired) electrons. The van der Waals surface area contributed by atoms with Crippen molar-refractivity contribution in [3.05, 3.63) is 29.3 Å². The normalized spacial score (nSPS) is 19.8. The van der Waals surface area contributed by atoms with Gasteiger partial charge in [0.05, 0.1) is 6.04 Å². The molecular formula is C21H32N4O2. The lowest BCUT2D eigenvalue weighted by Crippen LogP contribution is -2.43. The fourth-order valence-corrected chi connectivity index (χ4v) is 4.18. The minimum absolute atomic E-state index is 0.0409. The monoisotopic (exact) mass is 372 g/mol. The standard InChI is InChI=1S/C21H32N4O2/c22-16-11-12-18-15(14-16)6-4-9-19(18)25-20(26)10-5-13-23-21(27)24-17-7-2-1-3-8-17/h11-12,14,17,19H,1-10,13,22H2,(H,25,26)(H2,23,24,27). The van der Waals surface area contributed by atoms with Crippen molar-refractivity contribution in [3.8, 4) is 0 Å². The van der Waals surface area contributed by atoms with Crippen LogP contribution in [0.3, 0.4) is 0 Å². The maximum atomic E-state index is 12.3. The Labute approximate surface area is 161 Å². The molecule has 0 aliphatic heterocycles. The van der Waals surface area contributed by atoms with Gasteiger partial charge in [0.25, 0.3) is 0 Å². The number of benzene rings is 1. The molecule has 2 aliphatic carbocycles. The highest BCUT2D eigenvalue weighted by Gasteiger charge is 2.21. The average Bonchev–Trinajstić information content (AvgIpc) is 2.66. The molecule has 6 heteroatoms. The molecule has 1 fully saturated rings. The lowest BCUT2D eigenvalue weighted by molar-refractivity contribution is -0.122. The average molecular weight is 373 g/mol. The first-order valence-electron chi connectivity index (χ1n) is 10.3. The van der Waals surface area contributed by atoms with Crippen LogP contribution in [0.15, 0.2) is 18.2 Å². The first kappa shape index (κ1) is 19.5. The van der Waals surface area contributed by atoms with Crippen LogP contribution < -0.4 is 21.7 Å². The lowest BCUT2D eigenvalue weighted by atomic mass is 9.87. The Kier molecular flexibility index (Phi) is 6.96. The highest BCUT2D eigenvalue weighted by atomic mass is 16.2. The molecule has 3 rings (SSSR count). The summed E-state index contributed by atoms with van der Waals surface area (Å²) in [5, 5.41) is 9.03. The summed E-state index contributed by atoms with van der Waals surface area (Å²) >= 11 is 0. The molecule has 1 saturated carbocycles. The fourth-order valence-electron chi connectivity index (χ4n) is 4.18. The van der Waals surface area contributed by atoms with E-state index in [2.05, 4.69) is 16.0 Å². The van der Waals surface area contributed by atoms with Crippen LogP contribution in [0.25, 0.3) is 0 Å². The number of nitrogens with two attached hydrogens (primary N) is 1. The van der Waals surface area contributed by atoms with E-state index in [0.29, 0.717) is 25.4 Å². The molecule has 5 N–H and O–H groups in total. The van der Waals surface area contributed by atoms with Crippen LogP contribution in [0, 0.1) is 0 Å². The van der Waals surface area contributed by atoms with E-state index in [1.54, 1.807) is 0 Å². The van der Waals surface area contributed by atoms with Crippen LogP contribution in [0.2, 0.25) is 0 Å². The SMILES string of the molecule is Nc1ccc2c(c1)CCCC2NC(=O)CCCNC(=O)NC1CCCCC1. The first-order chi connectivity index (χ1) is 13.1. The summed E-state index contributed by atoms with van der Waals surface area (Å²) < 4.78 is 0. The summed E-state index contributed by atoms with van der Waals surface area (Å²) in [6, 6.07) is 6.22. The van der Waals surface area contributed by atoms with Crippen molar-refractivity contribution in [2.75, 3.05) is 12.3 Å². The molecule has 0 spiro atoms. The fraction of sp³-hybridized carbons (Fsp3) is 0.619. The number of carbonyl (C=O) groups is 2. The molecule has 0 aromatic heterocycles. The van der Waals surface area contributed by atoms with Gasteiger partial charge in [0.2, 0.25) is 5.91 Å². The second kappa shape index (κ2) is 9.62. The van der Waals surface area contributed by atoms with Crippen molar-refractivity contribution >= 4 is 17.6 Å². The van der Waals surface area contributed by atoms with Gasteiger partial charge in [0.1, 0.15) is 0 Å². The molecule has 0 saturated heterocycles. The highest BCUT2D eigenvalue weighted by molar-refractivity contribution is 5.77. The maximum absolute atomic E-state index is 12.3. The van der Waals surface area contributed by atoms with E-state index in [1.807, 2.05) is 18.2 Å². The third-order valence-corrected chi connectivity index (χ3v) is 5.62. The van der Waals surface area contributed by atoms with Crippen molar-refractivity contribution in [2.45, 2.75) is 76.3 Å². The van der Waals surface area contributed by atoms with Gasteiger partial charge in [-0.05, 0) is 61.8 Å². The van der Waals surface area contributed by atoms with Crippen LogP contribution in [0.1, 0.15) is 75.0 Å². The van der Waals surface area contributed by atoms with Crippen molar-refractivity contribution < 1.29 is 9.59 Å². The second-order valence-electron chi connectivity index (χ2n) is 7.81. The zero-order chi connectivity index (χ0) is 19.1. The quantitative estimate of drug-likeness (QED) is 0.456. The van der Waals surface area contributed by atoms with Crippen LogP contribution in [0.4, 0.5) is 10.5 Å². The van der Waals surface area contributed by atoms with Gasteiger partial charge in [-0.25, -0.2) is 4.79 Å². The van der Waals surface area contributed by atoms with Crippen molar-refractivity contribution in [3.63, 3.8) is 0 Å². The summed E-state index contributed by atoms with van der Waals surface area (Å²) in [5.41, 5.74) is 9.07. The summed E-state index contributed by atoms with van der Waals surface area (Å²) in [6.07, 6.45) is 9.92. The Morgan fingerprint density at radius 1 is 1.04 bits per heavy atom. The van der Waals surface area contributed by atoms with Gasteiger partial charge < -0.3 is 21.7 Å². The topological polar surface area (TPSA) is 96.2 Å². The molecule has 1 atom stereocenters. The van der Waals surface area contributed by atoms with E-state index < -0.39 is 0 Å². The summed E-state index contributed by atoms with van der Waals surface area (Å²) in [7, 11) is 0. The number of nitrogens with one attached hydrogen (secondary N) is 3. The third kappa shape index (κ3) is 5.88. The number of fused-ring (bicyclic) bond motifs is 1. The van der Waals surface area contributed by atoms with Crippen LogP contribution in [-0.2, 0) is 11.2 Å². The number of carbonyl (C=O) groups excluding carboxylic acids is 2. The molecule has 3 amide bonds. The van der Waals surface area contributed by atoms with Crippen LogP contribution in [-0.4, -0.2) is 24.5 Å². The van der Waals surface area contributed by atoms with Gasteiger partial charge in [0.15, 0.2) is 0 Å². The Hall–Kier alpha value is -2.24. The number of rotatable bonds is 6. The van der Waals surface area contributed by atoms with Gasteiger partial charge in [0, 0.05) is 24.7 Å². The van der Waals surface area contributed by atoms with Gasteiger partial charge in [-0.15, -0.1) is 0 Å². The Bertz CT molecular complexity index is 656. The number of anilines is 1. The van der Waals surface area contributed by atoms with E-state index >= 15 is 0 Å². The molecule has 1 aromatic rings. The number of amides is 3. The molecule has 1 aromatic carbocycles. The molecule has 148 valence electrons. The number of hydrogen-bond donors (Lipinski definition) is 4. The van der Waals surface area contributed by atoms with Crippen molar-refractivity contribution in [1.82, 2.24) is 16.0 Å². The number of hydrogen-bond acceptors (Lipinski definition) is 3. The van der Waals surface area contributed by atoms with E-state index in [1.165, 1.54) is 30.4 Å². The summed E-state index contributed by atoms with van der Waals surface area (Å²) in [5.74, 6) is 0.0409. The Balaban J connectivity index is 1.35. The minimum atomic E-state index is -0.110. The summed E-state index contributed by atoms with van der Waals surface area (Å²) in [4.78, 5) is 24.2. The van der Waals surface area contributed by atoms with E-state index in [0.717, 1.165) is 37.8 Å². The maximum Gasteiger partial charge on any atom is 0.315 e. The lowest BCUT2D eigenvalue weighted by Gasteiger charge is -2.26. The van der Waals surface area contributed by atoms with E-state index in [4.69, 9.17) is 5.73 Å². The van der Waals surface area contributed by atoms with E-state index in [9.17, 15) is 9.59 Å². The van der Waals surface area contributed by atoms with Crippen molar-refractivity contribution in [1.29, 1.82) is 0 Å². The van der Waals surface area contributed by atoms with Gasteiger partial charge in [-0.3, -0.25) is 4.79 Å². The van der Waals surface area contributed by atoms with Crippen molar-refractivity contribution in [2.24, 2.45) is 0 Å². The number of nitrogen functional groups attached to an aromatic ring is 1.